The van der Waals surface area contributed by atoms with E-state index in [-0.39, 0.29) is 3.42 Å². The maximum absolute atomic E-state index is 5.07. The number of aromatic nitrogens is 1. The summed E-state index contributed by atoms with van der Waals surface area (Å²) in [5.41, 5.74) is 1.12. The molecule has 0 atom stereocenters. The lowest BCUT2D eigenvalue weighted by Gasteiger charge is -2.11. The lowest BCUT2D eigenvalue weighted by molar-refractivity contribution is 0.365. The zero-order valence-corrected chi connectivity index (χ0v) is 8.47. The maximum Gasteiger partial charge on any atom is 0.154 e. The second kappa shape index (κ2) is 2.53. The molecule has 1 rings (SSSR count). The van der Waals surface area contributed by atoms with E-state index in [4.69, 9.17) is 4.52 Å². The third kappa shape index (κ3) is 1.51. The second-order valence-corrected chi connectivity index (χ2v) is 5.51. The molecule has 0 bridgehead atoms. The number of rotatable bonds is 1. The zero-order chi connectivity index (χ0) is 7.78. The molecule has 1 heterocycles. The van der Waals surface area contributed by atoms with E-state index in [1.807, 2.05) is 6.92 Å². The lowest BCUT2D eigenvalue weighted by Crippen LogP contribution is -2.05. The largest absolute Gasteiger partial charge is 0.360 e. The van der Waals surface area contributed by atoms with Crippen LogP contribution in [-0.4, -0.2) is 5.16 Å². The predicted octanol–water partition coefficient (Wildman–Crippen LogP) is 2.65. The van der Waals surface area contributed by atoms with E-state index in [2.05, 4.69) is 41.6 Å². The van der Waals surface area contributed by atoms with Gasteiger partial charge in [-0.2, -0.15) is 0 Å². The molecular weight excluding hydrogens is 241 g/mol. The quantitative estimate of drug-likeness (QED) is 0.566. The predicted molar refractivity (Wildman–Crippen MR) is 48.3 cm³/mol. The van der Waals surface area contributed by atoms with Gasteiger partial charge in [0.05, 0.1) is 9.62 Å². The molecule has 0 saturated carbocycles. The third-order valence-corrected chi connectivity index (χ3v) is 1.78. The number of halogens is 1. The Kier molecular flexibility index (Phi) is 2.03. The van der Waals surface area contributed by atoms with Crippen molar-refractivity contribution in [3.8, 4) is 0 Å². The first-order chi connectivity index (χ1) is 4.52. The normalized spacial score (nSPS) is 12.0. The van der Waals surface area contributed by atoms with Gasteiger partial charge >= 0.3 is 0 Å². The van der Waals surface area contributed by atoms with Gasteiger partial charge in [0.15, 0.2) is 5.76 Å². The minimum Gasteiger partial charge on any atom is -0.360 e. The topological polar surface area (TPSA) is 26.0 Å². The molecule has 0 aliphatic carbocycles. The van der Waals surface area contributed by atoms with Crippen LogP contribution in [0.5, 0.6) is 0 Å². The molecule has 0 radical (unpaired) electrons. The van der Waals surface area contributed by atoms with Crippen molar-refractivity contribution in [3.05, 3.63) is 17.5 Å². The fourth-order valence-corrected chi connectivity index (χ4v) is 1.39. The summed E-state index contributed by atoms with van der Waals surface area (Å²) in [5, 5.41) is 3.71. The number of aryl methyl sites for hydroxylation is 1. The van der Waals surface area contributed by atoms with E-state index in [0.29, 0.717) is 0 Å². The van der Waals surface area contributed by atoms with Crippen LogP contribution in [0.15, 0.2) is 10.7 Å². The van der Waals surface area contributed by atoms with Crippen LogP contribution in [0.1, 0.15) is 25.2 Å². The maximum atomic E-state index is 5.07. The molecule has 0 saturated heterocycles. The Hall–Kier alpha value is -0.0600. The first kappa shape index (κ1) is 8.04. The van der Waals surface area contributed by atoms with Gasteiger partial charge in [0, 0.05) is 5.56 Å². The van der Waals surface area contributed by atoms with Gasteiger partial charge in [0.1, 0.15) is 0 Å². The third-order valence-electron chi connectivity index (χ3n) is 1.29. The van der Waals surface area contributed by atoms with E-state index >= 15 is 0 Å². The Morgan fingerprint density at radius 2 is 2.20 bits per heavy atom. The van der Waals surface area contributed by atoms with Crippen molar-refractivity contribution < 1.29 is 4.52 Å². The fraction of sp³-hybridized carbons (Fsp3) is 0.571. The molecule has 0 aliphatic heterocycles. The Bertz CT molecular complexity index is 224. The van der Waals surface area contributed by atoms with Crippen LogP contribution in [0, 0.1) is 6.92 Å². The smallest absolute Gasteiger partial charge is 0.154 e. The zero-order valence-electron chi connectivity index (χ0n) is 6.31. The Balaban J connectivity index is 3.05. The van der Waals surface area contributed by atoms with E-state index in [0.717, 1.165) is 11.3 Å². The molecule has 0 aromatic carbocycles. The van der Waals surface area contributed by atoms with Crippen LogP contribution in [0.3, 0.4) is 0 Å². The SMILES string of the molecule is Cc1cnoc1C(C)(C)I. The van der Waals surface area contributed by atoms with Crippen LogP contribution < -0.4 is 0 Å². The summed E-state index contributed by atoms with van der Waals surface area (Å²) >= 11 is 2.33. The standard InChI is InChI=1S/C7H10INO/c1-5-4-9-10-6(5)7(2,3)8/h4H,1-3H3. The van der Waals surface area contributed by atoms with E-state index in [9.17, 15) is 0 Å². The summed E-state index contributed by atoms with van der Waals surface area (Å²) in [7, 11) is 0. The monoisotopic (exact) mass is 251 g/mol. The minimum absolute atomic E-state index is 0.0539. The average Bonchev–Trinajstić information content (AvgIpc) is 2.11. The molecule has 2 nitrogen and oxygen atoms in total. The Morgan fingerprint density at radius 3 is 2.40 bits per heavy atom. The molecule has 1 aromatic rings. The lowest BCUT2D eigenvalue weighted by atomic mass is 10.1. The summed E-state index contributed by atoms with van der Waals surface area (Å²) in [6.07, 6.45) is 1.75. The first-order valence-corrected chi connectivity index (χ1v) is 4.20. The van der Waals surface area contributed by atoms with Gasteiger partial charge in [0.25, 0.3) is 0 Å². The summed E-state index contributed by atoms with van der Waals surface area (Å²) in [4.78, 5) is 0. The van der Waals surface area contributed by atoms with Crippen molar-refractivity contribution in [3.63, 3.8) is 0 Å². The molecule has 1 aromatic heterocycles. The molecule has 0 unspecified atom stereocenters. The van der Waals surface area contributed by atoms with Crippen molar-refractivity contribution >= 4 is 22.6 Å². The number of hydrogen-bond donors (Lipinski definition) is 0. The summed E-state index contributed by atoms with van der Waals surface area (Å²) < 4.78 is 5.13. The van der Waals surface area contributed by atoms with Crippen molar-refractivity contribution in [1.29, 1.82) is 0 Å². The highest BCUT2D eigenvalue weighted by Crippen LogP contribution is 2.32. The molecule has 0 amide bonds. The fourth-order valence-electron chi connectivity index (χ4n) is 0.866. The summed E-state index contributed by atoms with van der Waals surface area (Å²) in [6.45, 7) is 6.20. The molecule has 0 spiro atoms. The number of hydrogen-bond acceptors (Lipinski definition) is 2. The van der Waals surface area contributed by atoms with E-state index in [1.165, 1.54) is 0 Å². The van der Waals surface area contributed by atoms with Crippen LogP contribution in [0.2, 0.25) is 0 Å². The molecular formula is C7H10INO. The van der Waals surface area contributed by atoms with Gasteiger partial charge in [-0.1, -0.05) is 27.7 Å². The van der Waals surface area contributed by atoms with Gasteiger partial charge < -0.3 is 4.52 Å². The number of alkyl halides is 1. The van der Waals surface area contributed by atoms with Gasteiger partial charge in [-0.15, -0.1) is 0 Å². The van der Waals surface area contributed by atoms with Crippen LogP contribution in [0.25, 0.3) is 0 Å². The van der Waals surface area contributed by atoms with Gasteiger partial charge in [0.2, 0.25) is 0 Å². The molecule has 10 heavy (non-hydrogen) atoms. The van der Waals surface area contributed by atoms with Crippen molar-refractivity contribution in [2.75, 3.05) is 0 Å². The van der Waals surface area contributed by atoms with Gasteiger partial charge in [-0.25, -0.2) is 0 Å². The van der Waals surface area contributed by atoms with Crippen LogP contribution in [-0.2, 0) is 3.42 Å². The Labute approximate surface area is 74.1 Å². The molecule has 3 heteroatoms. The highest BCUT2D eigenvalue weighted by molar-refractivity contribution is 14.1. The number of nitrogens with zero attached hydrogens (tertiary/aromatic N) is 1. The minimum atomic E-state index is 0.0539. The Morgan fingerprint density at radius 1 is 1.60 bits per heavy atom. The van der Waals surface area contributed by atoms with E-state index < -0.39 is 0 Å². The molecule has 0 N–H and O–H groups in total. The van der Waals surface area contributed by atoms with Crippen LogP contribution in [0.4, 0.5) is 0 Å². The molecule has 0 fully saturated rings. The summed E-state index contributed by atoms with van der Waals surface area (Å²) in [6, 6.07) is 0. The first-order valence-electron chi connectivity index (χ1n) is 3.12. The van der Waals surface area contributed by atoms with Crippen molar-refractivity contribution in [2.45, 2.75) is 24.2 Å². The van der Waals surface area contributed by atoms with Crippen molar-refractivity contribution in [1.82, 2.24) is 5.16 Å². The van der Waals surface area contributed by atoms with E-state index in [1.54, 1.807) is 6.20 Å². The van der Waals surface area contributed by atoms with Crippen LogP contribution >= 0.6 is 22.6 Å². The van der Waals surface area contributed by atoms with Gasteiger partial charge in [-0.3, -0.25) is 0 Å². The second-order valence-electron chi connectivity index (χ2n) is 2.81. The average molecular weight is 251 g/mol. The molecule has 0 aliphatic rings. The molecule has 56 valence electrons. The summed E-state index contributed by atoms with van der Waals surface area (Å²) in [5.74, 6) is 0.966. The van der Waals surface area contributed by atoms with Gasteiger partial charge in [-0.05, 0) is 20.8 Å². The highest BCUT2D eigenvalue weighted by atomic mass is 127. The highest BCUT2D eigenvalue weighted by Gasteiger charge is 2.22. The van der Waals surface area contributed by atoms with Crippen molar-refractivity contribution in [2.24, 2.45) is 0 Å².